The Kier molecular flexibility index (Phi) is 5.56. The van der Waals surface area contributed by atoms with E-state index in [-0.39, 0.29) is 11.8 Å². The molecule has 2 N–H and O–H groups in total. The third-order valence-electron chi connectivity index (χ3n) is 3.43. The number of rotatable bonds is 4. The molecule has 0 aliphatic rings. The number of halogens is 2. The second kappa shape index (κ2) is 7.86. The zero-order chi connectivity index (χ0) is 18.7. The molecule has 0 bridgehead atoms. The molecule has 0 aliphatic heterocycles. The molecule has 0 aliphatic carbocycles. The SMILES string of the molecule is Cc1nc(NC(=O)c2ccc(Cl)cc2)sc1C(=O)Nc1ccc(Cl)cc1. The van der Waals surface area contributed by atoms with E-state index in [2.05, 4.69) is 15.6 Å². The number of hydrogen-bond donors (Lipinski definition) is 2. The number of carbonyl (C=O) groups excluding carboxylic acids is 2. The zero-order valence-electron chi connectivity index (χ0n) is 13.5. The summed E-state index contributed by atoms with van der Waals surface area (Å²) in [6.45, 7) is 1.71. The first-order valence-corrected chi connectivity index (χ1v) is 9.11. The van der Waals surface area contributed by atoms with E-state index in [9.17, 15) is 9.59 Å². The second-order valence-electron chi connectivity index (χ2n) is 5.36. The van der Waals surface area contributed by atoms with Crippen LogP contribution < -0.4 is 10.6 Å². The van der Waals surface area contributed by atoms with Gasteiger partial charge in [-0.1, -0.05) is 34.5 Å². The number of benzene rings is 2. The van der Waals surface area contributed by atoms with Crippen molar-refractivity contribution in [3.63, 3.8) is 0 Å². The van der Waals surface area contributed by atoms with Crippen LogP contribution in [0.5, 0.6) is 0 Å². The molecular formula is C18H13Cl2N3O2S. The average Bonchev–Trinajstić information content (AvgIpc) is 2.98. The summed E-state index contributed by atoms with van der Waals surface area (Å²) >= 11 is 12.8. The number of nitrogens with zero attached hydrogens (tertiary/aromatic N) is 1. The predicted octanol–water partition coefficient (Wildman–Crippen LogP) is 5.26. The molecule has 1 aromatic heterocycles. The topological polar surface area (TPSA) is 71.1 Å². The monoisotopic (exact) mass is 405 g/mol. The van der Waals surface area contributed by atoms with Crippen LogP contribution in [0.3, 0.4) is 0 Å². The van der Waals surface area contributed by atoms with Crippen LogP contribution in [0, 0.1) is 6.92 Å². The number of carbonyl (C=O) groups is 2. The van der Waals surface area contributed by atoms with Crippen LogP contribution in [-0.4, -0.2) is 16.8 Å². The van der Waals surface area contributed by atoms with Gasteiger partial charge in [0, 0.05) is 21.3 Å². The van der Waals surface area contributed by atoms with E-state index < -0.39 is 0 Å². The maximum Gasteiger partial charge on any atom is 0.267 e. The highest BCUT2D eigenvalue weighted by atomic mass is 35.5. The molecule has 2 amide bonds. The second-order valence-corrected chi connectivity index (χ2v) is 7.23. The highest BCUT2D eigenvalue weighted by Gasteiger charge is 2.17. The molecule has 3 aromatic rings. The molecule has 3 rings (SSSR count). The lowest BCUT2D eigenvalue weighted by Crippen LogP contribution is -2.11. The first-order chi connectivity index (χ1) is 12.4. The van der Waals surface area contributed by atoms with Crippen molar-refractivity contribution >= 4 is 57.2 Å². The Morgan fingerprint density at radius 3 is 2.08 bits per heavy atom. The Balaban J connectivity index is 1.71. The minimum absolute atomic E-state index is 0.297. The van der Waals surface area contributed by atoms with E-state index >= 15 is 0 Å². The van der Waals surface area contributed by atoms with Crippen molar-refractivity contribution < 1.29 is 9.59 Å². The first-order valence-electron chi connectivity index (χ1n) is 7.53. The summed E-state index contributed by atoms with van der Waals surface area (Å²) in [4.78, 5) is 29.3. The maximum absolute atomic E-state index is 12.4. The summed E-state index contributed by atoms with van der Waals surface area (Å²) < 4.78 is 0. The van der Waals surface area contributed by atoms with Crippen molar-refractivity contribution in [3.05, 3.63) is 74.7 Å². The summed E-state index contributed by atoms with van der Waals surface area (Å²) in [5.74, 6) is -0.616. The number of nitrogens with one attached hydrogen (secondary N) is 2. The van der Waals surface area contributed by atoms with Crippen LogP contribution in [-0.2, 0) is 0 Å². The van der Waals surface area contributed by atoms with E-state index in [1.54, 1.807) is 55.5 Å². The number of amides is 2. The lowest BCUT2D eigenvalue weighted by Gasteiger charge is -2.03. The molecule has 5 nitrogen and oxygen atoms in total. The van der Waals surface area contributed by atoms with Gasteiger partial charge in [0.1, 0.15) is 4.88 Å². The molecule has 8 heteroatoms. The van der Waals surface area contributed by atoms with E-state index in [0.29, 0.717) is 37.0 Å². The average molecular weight is 406 g/mol. The number of hydrogen-bond acceptors (Lipinski definition) is 4. The molecule has 26 heavy (non-hydrogen) atoms. The molecular weight excluding hydrogens is 393 g/mol. The number of anilines is 2. The van der Waals surface area contributed by atoms with Gasteiger partial charge in [0.2, 0.25) is 0 Å². The summed E-state index contributed by atoms with van der Waals surface area (Å²) in [6.07, 6.45) is 0. The minimum Gasteiger partial charge on any atom is -0.321 e. The molecule has 0 radical (unpaired) electrons. The molecule has 0 fully saturated rings. The minimum atomic E-state index is -0.319. The standard InChI is InChI=1S/C18H13Cl2N3O2S/c1-10-15(17(25)22-14-8-6-13(20)7-9-14)26-18(21-10)23-16(24)11-2-4-12(19)5-3-11/h2-9H,1H3,(H,22,25)(H,21,23,24). The van der Waals surface area contributed by atoms with Gasteiger partial charge >= 0.3 is 0 Å². The van der Waals surface area contributed by atoms with E-state index in [4.69, 9.17) is 23.2 Å². The number of thiazole rings is 1. The first kappa shape index (κ1) is 18.4. The third-order valence-corrected chi connectivity index (χ3v) is 5.01. The molecule has 0 atom stereocenters. The van der Waals surface area contributed by atoms with Crippen LogP contribution >= 0.6 is 34.5 Å². The van der Waals surface area contributed by atoms with Crippen molar-refractivity contribution in [3.8, 4) is 0 Å². The summed E-state index contributed by atoms with van der Waals surface area (Å²) in [5.41, 5.74) is 1.61. The van der Waals surface area contributed by atoms with Gasteiger partial charge < -0.3 is 5.32 Å². The maximum atomic E-state index is 12.4. The fourth-order valence-electron chi connectivity index (χ4n) is 2.15. The number of aryl methyl sites for hydroxylation is 1. The smallest absolute Gasteiger partial charge is 0.267 e. The van der Waals surface area contributed by atoms with Gasteiger partial charge in [0.05, 0.1) is 5.69 Å². The largest absolute Gasteiger partial charge is 0.321 e. The van der Waals surface area contributed by atoms with Crippen molar-refractivity contribution in [1.29, 1.82) is 0 Å². The lowest BCUT2D eigenvalue weighted by molar-refractivity contribution is 0.102. The van der Waals surface area contributed by atoms with Gasteiger partial charge in [0.15, 0.2) is 5.13 Å². The third kappa shape index (κ3) is 4.40. The van der Waals surface area contributed by atoms with E-state index in [0.717, 1.165) is 11.3 Å². The normalized spacial score (nSPS) is 10.4. The predicted molar refractivity (Wildman–Crippen MR) is 106 cm³/mol. The van der Waals surface area contributed by atoms with Gasteiger partial charge in [-0.05, 0) is 55.5 Å². The molecule has 132 valence electrons. The molecule has 0 unspecified atom stereocenters. The number of aromatic nitrogens is 1. The molecule has 0 saturated carbocycles. The van der Waals surface area contributed by atoms with Gasteiger partial charge in [-0.25, -0.2) is 4.98 Å². The Morgan fingerprint density at radius 1 is 0.885 bits per heavy atom. The van der Waals surface area contributed by atoms with Crippen molar-refractivity contribution in [2.24, 2.45) is 0 Å². The summed E-state index contributed by atoms with van der Waals surface area (Å²) in [7, 11) is 0. The molecule has 2 aromatic carbocycles. The highest BCUT2D eigenvalue weighted by molar-refractivity contribution is 7.17. The van der Waals surface area contributed by atoms with E-state index in [1.165, 1.54) is 0 Å². The zero-order valence-corrected chi connectivity index (χ0v) is 15.9. The van der Waals surface area contributed by atoms with Gasteiger partial charge in [-0.3, -0.25) is 14.9 Å². The summed E-state index contributed by atoms with van der Waals surface area (Å²) in [5, 5.41) is 6.96. The van der Waals surface area contributed by atoms with Crippen LogP contribution in [0.2, 0.25) is 10.0 Å². The van der Waals surface area contributed by atoms with Crippen LogP contribution in [0.4, 0.5) is 10.8 Å². The quantitative estimate of drug-likeness (QED) is 0.621. The molecule has 0 spiro atoms. The molecule has 0 saturated heterocycles. The van der Waals surface area contributed by atoms with Crippen LogP contribution in [0.25, 0.3) is 0 Å². The van der Waals surface area contributed by atoms with Crippen molar-refractivity contribution in [1.82, 2.24) is 4.98 Å². The highest BCUT2D eigenvalue weighted by Crippen LogP contribution is 2.25. The van der Waals surface area contributed by atoms with Crippen molar-refractivity contribution in [2.75, 3.05) is 10.6 Å². The lowest BCUT2D eigenvalue weighted by atomic mass is 10.2. The van der Waals surface area contributed by atoms with E-state index in [1.807, 2.05) is 0 Å². The fourth-order valence-corrected chi connectivity index (χ4v) is 3.26. The van der Waals surface area contributed by atoms with Crippen LogP contribution in [0.15, 0.2) is 48.5 Å². The Morgan fingerprint density at radius 2 is 1.46 bits per heavy atom. The Labute approximate surface area is 164 Å². The van der Waals surface area contributed by atoms with Crippen LogP contribution in [0.1, 0.15) is 25.7 Å². The van der Waals surface area contributed by atoms with Crippen molar-refractivity contribution in [2.45, 2.75) is 6.92 Å². The Hall–Kier alpha value is -2.41. The van der Waals surface area contributed by atoms with Gasteiger partial charge in [-0.15, -0.1) is 0 Å². The summed E-state index contributed by atoms with van der Waals surface area (Å²) in [6, 6.07) is 13.3. The Bertz CT molecular complexity index is 954. The molecule has 1 heterocycles. The fraction of sp³-hybridized carbons (Fsp3) is 0.0556. The van der Waals surface area contributed by atoms with Gasteiger partial charge in [0.25, 0.3) is 11.8 Å². The van der Waals surface area contributed by atoms with Gasteiger partial charge in [-0.2, -0.15) is 0 Å².